The topological polar surface area (TPSA) is 58.2 Å². The quantitative estimate of drug-likeness (QED) is 0.768. The highest BCUT2D eigenvalue weighted by atomic mass is 19.4. The van der Waals surface area contributed by atoms with Crippen molar-refractivity contribution in [3.05, 3.63) is 53.1 Å². The molecule has 1 N–H and O–H groups in total. The molecule has 1 heterocycles. The molecule has 1 aliphatic carbocycles. The Morgan fingerprint density at radius 2 is 1.93 bits per heavy atom. The second-order valence-corrected chi connectivity index (χ2v) is 6.86. The zero-order chi connectivity index (χ0) is 20.3. The minimum Gasteiger partial charge on any atom is -0.381 e. The van der Waals surface area contributed by atoms with Crippen molar-refractivity contribution >= 4 is 5.91 Å². The number of halogens is 4. The van der Waals surface area contributed by atoms with Crippen LogP contribution in [0, 0.1) is 5.82 Å². The fourth-order valence-electron chi connectivity index (χ4n) is 3.49. The van der Waals surface area contributed by atoms with Crippen LogP contribution in [0.25, 0.3) is 0 Å². The van der Waals surface area contributed by atoms with Gasteiger partial charge >= 0.3 is 6.18 Å². The number of aromatic amines is 1. The summed E-state index contributed by atoms with van der Waals surface area (Å²) in [4.78, 5) is 14.4. The maximum Gasteiger partial charge on any atom is 0.432 e. The summed E-state index contributed by atoms with van der Waals surface area (Å²) in [6.07, 6.45) is -1.86. The average Bonchev–Trinajstić information content (AvgIpc) is 3.18. The molecule has 0 radical (unpaired) electrons. The van der Waals surface area contributed by atoms with Gasteiger partial charge in [-0.25, -0.2) is 4.39 Å². The van der Waals surface area contributed by atoms with Gasteiger partial charge in [-0.1, -0.05) is 18.2 Å². The number of alkyl halides is 3. The molecule has 1 fully saturated rings. The zero-order valence-electron chi connectivity index (χ0n) is 15.3. The summed E-state index contributed by atoms with van der Waals surface area (Å²) < 4.78 is 58.0. The number of amides is 1. The standard InChI is InChI=1S/C19H21F4N3O2/c1-28-14-8-6-13(7-9-14)26(11-12-4-2-3-5-15(12)20)18(27)16-10-17(25-24-16)19(21,22)23/h2-5,10,13-14H,6-9,11H2,1H3,(H,24,25). The van der Waals surface area contributed by atoms with Crippen LogP contribution in [-0.4, -0.2) is 40.3 Å². The molecular weight excluding hydrogens is 378 g/mol. The number of benzene rings is 1. The number of hydrogen-bond donors (Lipinski definition) is 1. The van der Waals surface area contributed by atoms with Crippen molar-refractivity contribution in [3.63, 3.8) is 0 Å². The lowest BCUT2D eigenvalue weighted by Crippen LogP contribution is -2.43. The van der Waals surface area contributed by atoms with Gasteiger partial charge in [0.1, 0.15) is 11.5 Å². The van der Waals surface area contributed by atoms with Crippen molar-refractivity contribution in [2.45, 2.75) is 50.6 Å². The first kappa shape index (κ1) is 20.3. The number of methoxy groups -OCH3 is 1. The van der Waals surface area contributed by atoms with Gasteiger partial charge in [0.05, 0.1) is 6.10 Å². The number of carbonyl (C=O) groups is 1. The normalized spacial score (nSPS) is 20.2. The smallest absolute Gasteiger partial charge is 0.381 e. The van der Waals surface area contributed by atoms with Crippen molar-refractivity contribution in [2.75, 3.05) is 7.11 Å². The molecule has 152 valence electrons. The van der Waals surface area contributed by atoms with E-state index in [2.05, 4.69) is 5.10 Å². The van der Waals surface area contributed by atoms with Crippen molar-refractivity contribution in [1.82, 2.24) is 15.1 Å². The SMILES string of the molecule is COC1CCC(N(Cc2ccccc2F)C(=O)c2cc(C(F)(F)F)[nH]n2)CC1. The first-order valence-corrected chi connectivity index (χ1v) is 8.99. The molecule has 0 bridgehead atoms. The molecule has 0 aliphatic heterocycles. The molecule has 2 aromatic rings. The second-order valence-electron chi connectivity index (χ2n) is 6.86. The predicted octanol–water partition coefficient (Wildman–Crippen LogP) is 4.17. The van der Waals surface area contributed by atoms with Crippen LogP contribution in [0.4, 0.5) is 17.6 Å². The molecule has 1 aliphatic rings. The largest absolute Gasteiger partial charge is 0.432 e. The Morgan fingerprint density at radius 3 is 2.50 bits per heavy atom. The van der Waals surface area contributed by atoms with Crippen molar-refractivity contribution in [2.24, 2.45) is 0 Å². The van der Waals surface area contributed by atoms with Crippen LogP contribution in [0.5, 0.6) is 0 Å². The van der Waals surface area contributed by atoms with Crippen LogP contribution in [-0.2, 0) is 17.5 Å². The summed E-state index contributed by atoms with van der Waals surface area (Å²) in [7, 11) is 1.62. The lowest BCUT2D eigenvalue weighted by Gasteiger charge is -2.36. The second kappa shape index (κ2) is 8.30. The highest BCUT2D eigenvalue weighted by Gasteiger charge is 2.36. The number of ether oxygens (including phenoxy) is 1. The molecule has 28 heavy (non-hydrogen) atoms. The summed E-state index contributed by atoms with van der Waals surface area (Å²) >= 11 is 0. The molecule has 0 atom stereocenters. The van der Waals surface area contributed by atoms with Gasteiger partial charge < -0.3 is 9.64 Å². The fourth-order valence-corrected chi connectivity index (χ4v) is 3.49. The molecule has 0 saturated heterocycles. The number of aromatic nitrogens is 2. The third-order valence-electron chi connectivity index (χ3n) is 5.08. The van der Waals surface area contributed by atoms with Gasteiger partial charge in [-0.2, -0.15) is 18.3 Å². The van der Waals surface area contributed by atoms with Gasteiger partial charge in [0.2, 0.25) is 0 Å². The fraction of sp³-hybridized carbons (Fsp3) is 0.474. The van der Waals surface area contributed by atoms with Crippen molar-refractivity contribution in [1.29, 1.82) is 0 Å². The molecule has 1 aromatic carbocycles. The number of H-pyrrole nitrogens is 1. The van der Waals surface area contributed by atoms with Crippen LogP contribution >= 0.6 is 0 Å². The number of rotatable bonds is 5. The number of nitrogens with one attached hydrogen (secondary N) is 1. The highest BCUT2D eigenvalue weighted by molar-refractivity contribution is 5.92. The van der Waals surface area contributed by atoms with Gasteiger partial charge in [0.15, 0.2) is 5.69 Å². The molecule has 0 spiro atoms. The summed E-state index contributed by atoms with van der Waals surface area (Å²) in [5, 5.41) is 5.40. The van der Waals surface area contributed by atoms with Gasteiger partial charge in [0, 0.05) is 31.3 Å². The van der Waals surface area contributed by atoms with Crippen molar-refractivity contribution in [3.8, 4) is 0 Å². The molecule has 1 aromatic heterocycles. The van der Waals surface area contributed by atoms with E-state index in [1.165, 1.54) is 17.0 Å². The molecule has 1 amide bonds. The molecule has 1 saturated carbocycles. The van der Waals surface area contributed by atoms with Crippen LogP contribution in [0.2, 0.25) is 0 Å². The summed E-state index contributed by atoms with van der Waals surface area (Å²) in [5.41, 5.74) is -1.13. The van der Waals surface area contributed by atoms with E-state index in [0.29, 0.717) is 24.5 Å². The first-order chi connectivity index (χ1) is 13.3. The van der Waals surface area contributed by atoms with Crippen LogP contribution in [0.1, 0.15) is 47.4 Å². The average molecular weight is 399 g/mol. The maximum absolute atomic E-state index is 14.1. The lowest BCUT2D eigenvalue weighted by atomic mass is 9.91. The predicted molar refractivity (Wildman–Crippen MR) is 92.9 cm³/mol. The monoisotopic (exact) mass is 399 g/mol. The number of nitrogens with zero attached hydrogens (tertiary/aromatic N) is 2. The first-order valence-electron chi connectivity index (χ1n) is 8.99. The summed E-state index contributed by atoms with van der Waals surface area (Å²) in [5.74, 6) is -1.13. The minimum atomic E-state index is -4.63. The number of hydrogen-bond acceptors (Lipinski definition) is 3. The Labute approximate surface area is 159 Å². The zero-order valence-corrected chi connectivity index (χ0v) is 15.3. The van der Waals surface area contributed by atoms with Crippen LogP contribution in [0.15, 0.2) is 30.3 Å². The third kappa shape index (κ3) is 4.52. The Morgan fingerprint density at radius 1 is 1.25 bits per heavy atom. The Balaban J connectivity index is 1.86. The Bertz CT molecular complexity index is 814. The minimum absolute atomic E-state index is 0.0396. The van der Waals surface area contributed by atoms with Crippen molar-refractivity contribution < 1.29 is 27.1 Å². The third-order valence-corrected chi connectivity index (χ3v) is 5.08. The van der Waals surface area contributed by atoms with E-state index in [0.717, 1.165) is 12.8 Å². The van der Waals surface area contributed by atoms with E-state index in [1.54, 1.807) is 19.2 Å². The van der Waals surface area contributed by atoms with Gasteiger partial charge in [0.25, 0.3) is 5.91 Å². The van der Waals surface area contributed by atoms with Gasteiger partial charge in [-0.05, 0) is 31.7 Å². The van der Waals surface area contributed by atoms with E-state index in [1.807, 2.05) is 5.10 Å². The number of carbonyl (C=O) groups excluding carboxylic acids is 1. The van der Waals surface area contributed by atoms with Gasteiger partial charge in [-0.15, -0.1) is 0 Å². The molecule has 5 nitrogen and oxygen atoms in total. The summed E-state index contributed by atoms with van der Waals surface area (Å²) in [6.45, 7) is -0.0396. The van der Waals surface area contributed by atoms with E-state index in [-0.39, 0.29) is 24.4 Å². The van der Waals surface area contributed by atoms with E-state index in [9.17, 15) is 22.4 Å². The molecular formula is C19H21F4N3O2. The van der Waals surface area contributed by atoms with E-state index >= 15 is 0 Å². The lowest BCUT2D eigenvalue weighted by molar-refractivity contribution is -0.141. The molecule has 9 heteroatoms. The maximum atomic E-state index is 14.1. The Kier molecular flexibility index (Phi) is 6.02. The summed E-state index contributed by atoms with van der Waals surface area (Å²) in [6, 6.07) is 6.50. The molecule has 3 rings (SSSR count). The van der Waals surface area contributed by atoms with Crippen LogP contribution < -0.4 is 0 Å². The Hall–Kier alpha value is -2.42. The van der Waals surface area contributed by atoms with E-state index < -0.39 is 23.6 Å². The van der Waals surface area contributed by atoms with E-state index in [4.69, 9.17) is 4.74 Å². The molecule has 0 unspecified atom stereocenters. The van der Waals surface area contributed by atoms with Crippen LogP contribution in [0.3, 0.4) is 0 Å². The highest BCUT2D eigenvalue weighted by Crippen LogP contribution is 2.30. The van der Waals surface area contributed by atoms with Gasteiger partial charge in [-0.3, -0.25) is 9.89 Å².